The normalized spacial score (nSPS) is 15.9. The molecule has 9 heteroatoms. The van der Waals surface area contributed by atoms with Crippen LogP contribution >= 0.6 is 0 Å². The van der Waals surface area contributed by atoms with Gasteiger partial charge >= 0.3 is 0 Å². The van der Waals surface area contributed by atoms with Gasteiger partial charge in [-0.1, -0.05) is 12.8 Å². The molecule has 25 heavy (non-hydrogen) atoms. The summed E-state index contributed by atoms with van der Waals surface area (Å²) in [6.45, 7) is 7.27. The number of nitrogens with zero attached hydrogens (tertiary/aromatic N) is 5. The number of anilines is 1. The molecule has 0 saturated carbocycles. The molecule has 0 amide bonds. The zero-order valence-corrected chi connectivity index (χ0v) is 15.5. The molecule has 0 aliphatic carbocycles. The minimum atomic E-state index is -1.32. The second-order valence-corrected chi connectivity index (χ2v) is 7.36. The quantitative estimate of drug-likeness (QED) is 0.593. The van der Waals surface area contributed by atoms with Crippen LogP contribution in [-0.4, -0.2) is 55.2 Å². The first-order valence-electron chi connectivity index (χ1n) is 8.29. The van der Waals surface area contributed by atoms with Gasteiger partial charge in [-0.3, -0.25) is 18.1 Å². The van der Waals surface area contributed by atoms with Gasteiger partial charge < -0.3 is 10.2 Å². The Bertz CT molecular complexity index is 930. The maximum atomic E-state index is 12.9. The van der Waals surface area contributed by atoms with Crippen LogP contribution in [0.2, 0.25) is 0 Å². The predicted molar refractivity (Wildman–Crippen MR) is 98.3 cm³/mol. The molecule has 134 valence electrons. The number of hydrogen-bond donors (Lipinski definition) is 1. The lowest BCUT2D eigenvalue weighted by Crippen LogP contribution is -2.44. The number of nitrogens with one attached hydrogen (secondary N) is 1. The fraction of sp³-hybridized carbons (Fsp3) is 0.562. The van der Waals surface area contributed by atoms with Crippen LogP contribution in [0.3, 0.4) is 0 Å². The van der Waals surface area contributed by atoms with Crippen molar-refractivity contribution in [1.82, 2.24) is 24.4 Å². The fourth-order valence-electron chi connectivity index (χ4n) is 2.88. The first-order valence-corrected chi connectivity index (χ1v) is 9.61. The number of fused-ring (bicyclic) bond motifs is 1. The van der Waals surface area contributed by atoms with Gasteiger partial charge in [-0.2, -0.15) is 9.97 Å². The summed E-state index contributed by atoms with van der Waals surface area (Å²) < 4.78 is 15.4. The highest BCUT2D eigenvalue weighted by Gasteiger charge is 2.23. The van der Waals surface area contributed by atoms with Gasteiger partial charge in [-0.25, -0.2) is 0 Å². The van der Waals surface area contributed by atoms with E-state index in [1.165, 1.54) is 4.57 Å². The van der Waals surface area contributed by atoms with Crippen molar-refractivity contribution in [3.63, 3.8) is 0 Å². The Morgan fingerprint density at radius 1 is 1.28 bits per heavy atom. The van der Waals surface area contributed by atoms with Gasteiger partial charge in [0, 0.05) is 39.0 Å². The molecular formula is C16H22N6O2S. The Balaban J connectivity index is 2.24. The molecule has 2 aromatic heterocycles. The van der Waals surface area contributed by atoms with E-state index in [4.69, 9.17) is 0 Å². The standard InChI is InChI=1S/C16H22N6O2S/c1-4-6-9-22-12-13(18-15(22)21-10-7-17-8-11-21)19-16(25(24)5-2)20(3)14(12)23/h17H,5,7-11H2,1-3H3. The third kappa shape index (κ3) is 3.19. The second-order valence-electron chi connectivity index (χ2n) is 5.73. The van der Waals surface area contributed by atoms with Crippen LogP contribution in [0, 0.1) is 11.8 Å². The van der Waals surface area contributed by atoms with Crippen molar-refractivity contribution in [2.75, 3.05) is 36.8 Å². The summed E-state index contributed by atoms with van der Waals surface area (Å²) in [4.78, 5) is 24.1. The van der Waals surface area contributed by atoms with Gasteiger partial charge in [0.05, 0.1) is 17.3 Å². The molecule has 0 aromatic carbocycles. The van der Waals surface area contributed by atoms with E-state index in [2.05, 4.69) is 32.0 Å². The van der Waals surface area contributed by atoms with Crippen LogP contribution in [0.1, 0.15) is 13.8 Å². The van der Waals surface area contributed by atoms with Crippen molar-refractivity contribution in [2.24, 2.45) is 7.05 Å². The van der Waals surface area contributed by atoms with Crippen LogP contribution in [0.5, 0.6) is 0 Å². The highest BCUT2D eigenvalue weighted by molar-refractivity contribution is 7.84. The first kappa shape index (κ1) is 17.6. The average Bonchev–Trinajstić information content (AvgIpc) is 3.01. The molecule has 8 nitrogen and oxygen atoms in total. The minimum absolute atomic E-state index is 0.242. The maximum absolute atomic E-state index is 12.9. The van der Waals surface area contributed by atoms with Gasteiger partial charge in [0.25, 0.3) is 5.56 Å². The number of imidazole rings is 1. The summed E-state index contributed by atoms with van der Waals surface area (Å²) in [7, 11) is 0.278. The summed E-state index contributed by atoms with van der Waals surface area (Å²) >= 11 is 0. The molecule has 1 atom stereocenters. The fourth-order valence-corrected chi connectivity index (χ4v) is 3.71. The lowest BCUT2D eigenvalue weighted by molar-refractivity contribution is 0.572. The lowest BCUT2D eigenvalue weighted by atomic mass is 10.4. The molecule has 0 spiro atoms. The van der Waals surface area contributed by atoms with E-state index in [0.717, 1.165) is 26.2 Å². The Labute approximate surface area is 148 Å². The molecule has 1 aliphatic rings. The third-order valence-corrected chi connectivity index (χ3v) is 5.50. The van der Waals surface area contributed by atoms with Crippen molar-refractivity contribution < 1.29 is 4.21 Å². The highest BCUT2D eigenvalue weighted by Crippen LogP contribution is 2.20. The molecule has 1 N–H and O–H groups in total. The zero-order valence-electron chi connectivity index (χ0n) is 14.7. The van der Waals surface area contributed by atoms with Crippen molar-refractivity contribution in [3.05, 3.63) is 10.4 Å². The number of hydrogen-bond acceptors (Lipinski definition) is 6. The SMILES string of the molecule is CC#CCn1c(N2CCNCC2)nc2nc(S(=O)CC)n(C)c(=O)c21. The molecule has 2 aromatic rings. The zero-order chi connectivity index (χ0) is 18.0. The van der Waals surface area contributed by atoms with Crippen LogP contribution in [0.15, 0.2) is 9.95 Å². The second kappa shape index (κ2) is 7.37. The Morgan fingerprint density at radius 3 is 2.64 bits per heavy atom. The molecule has 0 radical (unpaired) electrons. The monoisotopic (exact) mass is 362 g/mol. The van der Waals surface area contributed by atoms with Gasteiger partial charge in [-0.05, 0) is 6.92 Å². The van der Waals surface area contributed by atoms with Crippen molar-refractivity contribution >= 4 is 27.9 Å². The first-order chi connectivity index (χ1) is 12.1. The Morgan fingerprint density at radius 2 is 2.00 bits per heavy atom. The summed E-state index contributed by atoms with van der Waals surface area (Å²) in [5.41, 5.74) is 0.510. The summed E-state index contributed by atoms with van der Waals surface area (Å²) in [5.74, 6) is 6.98. The topological polar surface area (TPSA) is 85.1 Å². The molecule has 1 fully saturated rings. The number of piperazine rings is 1. The van der Waals surface area contributed by atoms with E-state index in [9.17, 15) is 9.00 Å². The number of rotatable bonds is 4. The minimum Gasteiger partial charge on any atom is -0.340 e. The average molecular weight is 362 g/mol. The lowest BCUT2D eigenvalue weighted by Gasteiger charge is -2.28. The van der Waals surface area contributed by atoms with E-state index in [-0.39, 0.29) is 10.7 Å². The molecule has 1 aliphatic heterocycles. The van der Waals surface area contributed by atoms with Gasteiger partial charge in [-0.15, -0.1) is 5.92 Å². The van der Waals surface area contributed by atoms with Crippen LogP contribution < -0.4 is 15.8 Å². The van der Waals surface area contributed by atoms with Crippen LogP contribution in [-0.2, 0) is 24.4 Å². The Hall–Kier alpha value is -2.18. The summed E-state index contributed by atoms with van der Waals surface area (Å²) in [6, 6.07) is 0. The molecule has 3 heterocycles. The van der Waals surface area contributed by atoms with Crippen molar-refractivity contribution in [3.8, 4) is 11.8 Å². The smallest absolute Gasteiger partial charge is 0.280 e. The van der Waals surface area contributed by atoms with Crippen molar-refractivity contribution in [1.29, 1.82) is 0 Å². The van der Waals surface area contributed by atoms with E-state index < -0.39 is 10.8 Å². The molecule has 0 bridgehead atoms. The van der Waals surface area contributed by atoms with E-state index in [1.807, 2.05) is 4.57 Å². The van der Waals surface area contributed by atoms with E-state index in [0.29, 0.717) is 29.4 Å². The predicted octanol–water partition coefficient (Wildman–Crippen LogP) is -0.310. The molecular weight excluding hydrogens is 340 g/mol. The third-order valence-electron chi connectivity index (χ3n) is 4.20. The van der Waals surface area contributed by atoms with Gasteiger partial charge in [0.1, 0.15) is 0 Å². The molecule has 1 unspecified atom stereocenters. The van der Waals surface area contributed by atoms with E-state index >= 15 is 0 Å². The van der Waals surface area contributed by atoms with E-state index in [1.54, 1.807) is 20.9 Å². The molecule has 1 saturated heterocycles. The summed E-state index contributed by atoms with van der Waals surface area (Å²) in [5, 5.41) is 3.57. The number of aromatic nitrogens is 4. The van der Waals surface area contributed by atoms with Crippen LogP contribution in [0.25, 0.3) is 11.2 Å². The maximum Gasteiger partial charge on any atom is 0.280 e. The Kier molecular flexibility index (Phi) is 5.20. The van der Waals surface area contributed by atoms with Gasteiger partial charge in [0.2, 0.25) is 11.1 Å². The van der Waals surface area contributed by atoms with Gasteiger partial charge in [0.15, 0.2) is 11.2 Å². The largest absolute Gasteiger partial charge is 0.340 e. The van der Waals surface area contributed by atoms with Crippen LogP contribution in [0.4, 0.5) is 5.95 Å². The highest BCUT2D eigenvalue weighted by atomic mass is 32.2. The molecule has 3 rings (SSSR count). The summed E-state index contributed by atoms with van der Waals surface area (Å²) in [6.07, 6.45) is 0. The van der Waals surface area contributed by atoms with Crippen molar-refractivity contribution in [2.45, 2.75) is 25.5 Å².